The van der Waals surface area contributed by atoms with Gasteiger partial charge in [-0.2, -0.15) is 0 Å². The van der Waals surface area contributed by atoms with E-state index in [9.17, 15) is 0 Å². The van der Waals surface area contributed by atoms with Gasteiger partial charge in [0.15, 0.2) is 0 Å². The van der Waals surface area contributed by atoms with Crippen LogP contribution in [0.5, 0.6) is 11.5 Å². The van der Waals surface area contributed by atoms with Crippen LogP contribution in [0.1, 0.15) is 0 Å². The maximum absolute atomic E-state index is 6.47. The van der Waals surface area contributed by atoms with Gasteiger partial charge in [0.05, 0.1) is 0 Å². The number of rotatable bonds is 8. The Bertz CT molecular complexity index is 3500. The average Bonchev–Trinajstić information content (AvgIpc) is 3.37. The first-order valence-corrected chi connectivity index (χ1v) is 21.9. The van der Waals surface area contributed by atoms with Crippen LogP contribution in [0.25, 0.3) is 88.3 Å². The standard InChI is InChI=1S/C62H41NO/c1-3-14-45(15-4-1)54-36-31-49(41-59(54)46-16-5-2-6-17-46)44-29-34-52(35-30-44)63(51-32-27-43(28-33-51)48-26-25-42-13-7-8-18-47(42)39-48)53-20-11-19-50(40-53)55-37-38-61-62-57(55)22-12-23-58(62)56-21-9-10-24-60(56)64-61/h1-41H. The lowest BCUT2D eigenvalue weighted by molar-refractivity contribution is 0.487. The van der Waals surface area contributed by atoms with Crippen LogP contribution in [0.4, 0.5) is 17.1 Å². The summed E-state index contributed by atoms with van der Waals surface area (Å²) in [6.07, 6.45) is 0. The highest BCUT2D eigenvalue weighted by molar-refractivity contribution is 6.10. The highest BCUT2D eigenvalue weighted by Gasteiger charge is 2.22. The highest BCUT2D eigenvalue weighted by atomic mass is 16.5. The molecule has 11 aromatic carbocycles. The van der Waals surface area contributed by atoms with Gasteiger partial charge in [-0.15, -0.1) is 0 Å². The van der Waals surface area contributed by atoms with E-state index in [-0.39, 0.29) is 0 Å². The van der Waals surface area contributed by atoms with Crippen molar-refractivity contribution >= 4 is 38.6 Å². The summed E-state index contributed by atoms with van der Waals surface area (Å²) in [5.41, 5.74) is 17.4. The molecule has 2 nitrogen and oxygen atoms in total. The lowest BCUT2D eigenvalue weighted by Gasteiger charge is -2.27. The van der Waals surface area contributed by atoms with Crippen LogP contribution in [-0.2, 0) is 0 Å². The third-order valence-electron chi connectivity index (χ3n) is 12.7. The minimum absolute atomic E-state index is 0.892. The third-order valence-corrected chi connectivity index (χ3v) is 12.7. The van der Waals surface area contributed by atoms with Gasteiger partial charge in [-0.1, -0.05) is 188 Å². The third kappa shape index (κ3) is 6.70. The normalized spacial score (nSPS) is 11.6. The maximum Gasteiger partial charge on any atom is 0.135 e. The van der Waals surface area contributed by atoms with Crippen molar-refractivity contribution in [1.29, 1.82) is 0 Å². The number of benzene rings is 11. The van der Waals surface area contributed by atoms with Gasteiger partial charge in [-0.3, -0.25) is 0 Å². The van der Waals surface area contributed by atoms with Gasteiger partial charge in [-0.25, -0.2) is 0 Å². The van der Waals surface area contributed by atoms with Crippen LogP contribution in [0, 0.1) is 0 Å². The Kier molecular flexibility index (Phi) is 9.20. The Balaban J connectivity index is 0.957. The second kappa shape index (κ2) is 15.8. The molecule has 12 rings (SSSR count). The number of fused-ring (bicyclic) bond motifs is 3. The van der Waals surface area contributed by atoms with E-state index in [2.05, 4.69) is 241 Å². The Labute approximate surface area is 373 Å². The summed E-state index contributed by atoms with van der Waals surface area (Å²) in [6, 6.07) is 89.7. The number of hydrogen-bond donors (Lipinski definition) is 0. The molecule has 0 saturated carbocycles. The fourth-order valence-corrected chi connectivity index (χ4v) is 9.52. The van der Waals surface area contributed by atoms with Gasteiger partial charge >= 0.3 is 0 Å². The molecule has 0 spiro atoms. The molecule has 0 aromatic heterocycles. The molecule has 0 N–H and O–H groups in total. The van der Waals surface area contributed by atoms with Crippen molar-refractivity contribution in [3.63, 3.8) is 0 Å². The van der Waals surface area contributed by atoms with Crippen LogP contribution < -0.4 is 9.64 Å². The molecule has 0 bridgehead atoms. The van der Waals surface area contributed by atoms with E-state index in [1.54, 1.807) is 0 Å². The van der Waals surface area contributed by atoms with Crippen molar-refractivity contribution in [2.45, 2.75) is 0 Å². The van der Waals surface area contributed by atoms with E-state index < -0.39 is 0 Å². The first kappa shape index (κ1) is 37.3. The first-order chi connectivity index (χ1) is 31.7. The van der Waals surface area contributed by atoms with Gasteiger partial charge in [0, 0.05) is 28.0 Å². The monoisotopic (exact) mass is 815 g/mol. The van der Waals surface area contributed by atoms with Crippen molar-refractivity contribution in [2.24, 2.45) is 0 Å². The zero-order chi connectivity index (χ0) is 42.4. The topological polar surface area (TPSA) is 12.5 Å². The van der Waals surface area contributed by atoms with Crippen molar-refractivity contribution in [3.8, 4) is 78.3 Å². The molecule has 0 fully saturated rings. The van der Waals surface area contributed by atoms with Crippen LogP contribution in [0.2, 0.25) is 0 Å². The Morgan fingerprint density at radius 2 is 0.812 bits per heavy atom. The summed E-state index contributed by atoms with van der Waals surface area (Å²) in [4.78, 5) is 2.37. The molecule has 0 amide bonds. The molecular formula is C62H41NO. The number of hydrogen-bond acceptors (Lipinski definition) is 2. The minimum Gasteiger partial charge on any atom is -0.456 e. The number of anilines is 3. The molecule has 1 heterocycles. The lowest BCUT2D eigenvalue weighted by Crippen LogP contribution is -2.10. The van der Waals surface area contributed by atoms with Crippen molar-refractivity contribution in [2.75, 3.05) is 4.90 Å². The van der Waals surface area contributed by atoms with Gasteiger partial charge in [0.2, 0.25) is 0 Å². The van der Waals surface area contributed by atoms with Gasteiger partial charge in [0.1, 0.15) is 11.5 Å². The summed E-state index contributed by atoms with van der Waals surface area (Å²) >= 11 is 0. The van der Waals surface area contributed by atoms with Crippen LogP contribution in [0.3, 0.4) is 0 Å². The second-order valence-electron chi connectivity index (χ2n) is 16.5. The van der Waals surface area contributed by atoms with Crippen molar-refractivity contribution in [1.82, 2.24) is 0 Å². The molecule has 300 valence electrons. The van der Waals surface area contributed by atoms with Crippen LogP contribution >= 0.6 is 0 Å². The number of ether oxygens (including phenoxy) is 1. The summed E-state index contributed by atoms with van der Waals surface area (Å²) in [5.74, 6) is 1.79. The van der Waals surface area contributed by atoms with E-state index in [1.165, 1.54) is 66.2 Å². The average molecular weight is 816 g/mol. The Morgan fingerprint density at radius 3 is 1.56 bits per heavy atom. The molecule has 0 unspecified atom stereocenters. The van der Waals surface area contributed by atoms with E-state index >= 15 is 0 Å². The highest BCUT2D eigenvalue weighted by Crippen LogP contribution is 2.49. The zero-order valence-electron chi connectivity index (χ0n) is 35.0. The van der Waals surface area contributed by atoms with Crippen LogP contribution in [-0.4, -0.2) is 0 Å². The summed E-state index contributed by atoms with van der Waals surface area (Å²) in [5, 5.41) is 4.80. The maximum atomic E-state index is 6.47. The second-order valence-corrected chi connectivity index (χ2v) is 16.5. The fraction of sp³-hybridized carbons (Fsp3) is 0. The molecule has 1 aliphatic rings. The Morgan fingerprint density at radius 1 is 0.250 bits per heavy atom. The van der Waals surface area contributed by atoms with E-state index in [0.29, 0.717) is 0 Å². The summed E-state index contributed by atoms with van der Waals surface area (Å²) < 4.78 is 6.47. The van der Waals surface area contributed by atoms with E-state index in [0.717, 1.165) is 50.6 Å². The number of nitrogens with zero attached hydrogens (tertiary/aromatic N) is 1. The van der Waals surface area contributed by atoms with Gasteiger partial charge in [0.25, 0.3) is 0 Å². The molecule has 0 radical (unpaired) electrons. The van der Waals surface area contributed by atoms with Gasteiger partial charge in [-0.05, 0) is 138 Å². The summed E-state index contributed by atoms with van der Waals surface area (Å²) in [7, 11) is 0. The predicted octanol–water partition coefficient (Wildman–Crippen LogP) is 17.6. The van der Waals surface area contributed by atoms with E-state index in [1.807, 2.05) is 12.1 Å². The molecule has 11 aromatic rings. The van der Waals surface area contributed by atoms with Crippen molar-refractivity contribution in [3.05, 3.63) is 249 Å². The molecule has 0 aliphatic carbocycles. The van der Waals surface area contributed by atoms with Gasteiger partial charge < -0.3 is 9.64 Å². The predicted molar refractivity (Wildman–Crippen MR) is 269 cm³/mol. The fourth-order valence-electron chi connectivity index (χ4n) is 9.52. The van der Waals surface area contributed by atoms with Crippen molar-refractivity contribution < 1.29 is 4.74 Å². The molecule has 0 saturated heterocycles. The quantitative estimate of drug-likeness (QED) is 0.151. The Hall–Kier alpha value is -8.46. The molecular weight excluding hydrogens is 775 g/mol. The minimum atomic E-state index is 0.892. The van der Waals surface area contributed by atoms with Crippen LogP contribution in [0.15, 0.2) is 249 Å². The molecule has 1 aliphatic heterocycles. The summed E-state index contributed by atoms with van der Waals surface area (Å²) in [6.45, 7) is 0. The molecule has 2 heteroatoms. The molecule has 0 atom stereocenters. The first-order valence-electron chi connectivity index (χ1n) is 21.9. The SMILES string of the molecule is c1ccc(-c2ccc(-c3ccc(N(c4ccc(-c5ccc6ccccc6c5)cc4)c4cccc(-c5ccc6c7c(cccc57)-c5ccccc5O6)c4)cc3)cc2-c2ccccc2)cc1. The smallest absolute Gasteiger partial charge is 0.135 e. The molecule has 64 heavy (non-hydrogen) atoms. The van der Waals surface area contributed by atoms with E-state index in [4.69, 9.17) is 4.74 Å². The lowest BCUT2D eigenvalue weighted by atomic mass is 9.90. The zero-order valence-corrected chi connectivity index (χ0v) is 35.0. The largest absolute Gasteiger partial charge is 0.456 e. The number of para-hydroxylation sites is 1.